The second kappa shape index (κ2) is 7.31. The Balaban J connectivity index is 0. The summed E-state index contributed by atoms with van der Waals surface area (Å²) >= 11 is 0. The summed E-state index contributed by atoms with van der Waals surface area (Å²) in [7, 11) is -4.04. The van der Waals surface area contributed by atoms with Crippen LogP contribution in [0.15, 0.2) is 12.2 Å². The average molecular weight is 186 g/mol. The van der Waals surface area contributed by atoms with Crippen molar-refractivity contribution >= 4 is 10.1 Å². The Morgan fingerprint density at radius 2 is 1.91 bits per heavy atom. The molecule has 0 aliphatic heterocycles. The van der Waals surface area contributed by atoms with Gasteiger partial charge in [-0.1, -0.05) is 25.5 Å². The molecule has 0 aliphatic rings. The van der Waals surface area contributed by atoms with Crippen LogP contribution in [-0.4, -0.2) is 18.7 Å². The van der Waals surface area contributed by atoms with Crippen LogP contribution in [-0.2, 0) is 10.1 Å². The first-order chi connectivity index (χ1) is 4.56. The summed E-state index contributed by atoms with van der Waals surface area (Å²) in [4.78, 5) is 0. The second-order valence-electron chi connectivity index (χ2n) is 1.98. The van der Waals surface area contributed by atoms with Crippen LogP contribution in [0.4, 0.5) is 0 Å². The van der Waals surface area contributed by atoms with E-state index in [1.54, 1.807) is 6.08 Å². The summed E-state index contributed by atoms with van der Waals surface area (Å²) in [6.45, 7) is 1.98. The summed E-state index contributed by atoms with van der Waals surface area (Å²) in [5, 5.41) is 0. The van der Waals surface area contributed by atoms with Crippen LogP contribution in [0.3, 0.4) is 0 Å². The third-order valence-electron chi connectivity index (χ3n) is 0.922. The van der Waals surface area contributed by atoms with Crippen molar-refractivity contribution in [3.05, 3.63) is 12.2 Å². The molecule has 0 N–H and O–H groups in total. The Kier molecular flexibility index (Phi) is 9.43. The Morgan fingerprint density at radius 1 is 1.36 bits per heavy atom. The van der Waals surface area contributed by atoms with Gasteiger partial charge in [-0.15, -0.1) is 0 Å². The van der Waals surface area contributed by atoms with Crippen molar-refractivity contribution in [3.8, 4) is 0 Å². The first-order valence-electron chi connectivity index (χ1n) is 3.15. The van der Waals surface area contributed by atoms with Gasteiger partial charge in [0.25, 0.3) is 0 Å². The van der Waals surface area contributed by atoms with E-state index in [4.69, 9.17) is 0 Å². The molecule has 0 saturated heterocycles. The predicted octanol–water partition coefficient (Wildman–Crippen LogP) is -2.11. The van der Waals surface area contributed by atoms with Crippen molar-refractivity contribution in [3.63, 3.8) is 0 Å². The average Bonchev–Trinajstić information content (AvgIpc) is 1.78. The van der Waals surface area contributed by atoms with E-state index in [2.05, 4.69) is 0 Å². The summed E-state index contributed by atoms with van der Waals surface area (Å²) < 4.78 is 30.0. The van der Waals surface area contributed by atoms with Gasteiger partial charge in [-0.25, -0.2) is 8.42 Å². The molecule has 0 aromatic rings. The molecule has 0 heterocycles. The van der Waals surface area contributed by atoms with Crippen molar-refractivity contribution < 1.29 is 42.5 Å². The minimum atomic E-state index is -4.04. The van der Waals surface area contributed by atoms with Gasteiger partial charge in [0.2, 0.25) is 0 Å². The van der Waals surface area contributed by atoms with Gasteiger partial charge in [-0.3, -0.25) is 0 Å². The number of hydrogen-bond donors (Lipinski definition) is 0. The minimum absolute atomic E-state index is 0. The number of hydrogen-bond acceptors (Lipinski definition) is 3. The van der Waals surface area contributed by atoms with Crippen molar-refractivity contribution in [2.45, 2.75) is 19.8 Å². The van der Waals surface area contributed by atoms with Gasteiger partial charge < -0.3 is 4.55 Å². The SMILES string of the molecule is CCC/C=C/CS(=O)(=O)[O-].[Na+]. The molecule has 0 unspecified atom stereocenters. The smallest absolute Gasteiger partial charge is 0.748 e. The van der Waals surface area contributed by atoms with E-state index < -0.39 is 10.1 Å². The van der Waals surface area contributed by atoms with Gasteiger partial charge in [-0.2, -0.15) is 0 Å². The van der Waals surface area contributed by atoms with Crippen molar-refractivity contribution in [2.24, 2.45) is 0 Å². The molecule has 5 heteroatoms. The zero-order valence-electron chi connectivity index (χ0n) is 6.91. The molecule has 60 valence electrons. The van der Waals surface area contributed by atoms with Crippen molar-refractivity contribution in [1.82, 2.24) is 0 Å². The first-order valence-corrected chi connectivity index (χ1v) is 4.72. The standard InChI is InChI=1S/C6H12O3S.Na/c1-2-3-4-5-6-10(7,8)9;/h4-5H,2-3,6H2,1H3,(H,7,8,9);/q;+1/p-1/b5-4+;. The van der Waals surface area contributed by atoms with Crippen LogP contribution in [0.25, 0.3) is 0 Å². The summed E-state index contributed by atoms with van der Waals surface area (Å²) in [6, 6.07) is 0. The summed E-state index contributed by atoms with van der Waals surface area (Å²) in [5.74, 6) is -0.382. The maximum atomic E-state index is 9.99. The molecule has 0 aliphatic carbocycles. The van der Waals surface area contributed by atoms with Crippen LogP contribution >= 0.6 is 0 Å². The van der Waals surface area contributed by atoms with E-state index in [0.29, 0.717) is 0 Å². The number of rotatable bonds is 4. The van der Waals surface area contributed by atoms with Crippen molar-refractivity contribution in [1.29, 1.82) is 0 Å². The fourth-order valence-electron chi connectivity index (χ4n) is 0.470. The predicted molar refractivity (Wildman–Crippen MR) is 38.6 cm³/mol. The molecule has 3 nitrogen and oxygen atoms in total. The Labute approximate surface area is 89.9 Å². The van der Waals surface area contributed by atoms with Crippen LogP contribution < -0.4 is 29.6 Å². The van der Waals surface area contributed by atoms with Gasteiger partial charge >= 0.3 is 29.6 Å². The third-order valence-corrected chi connectivity index (χ3v) is 1.52. The topological polar surface area (TPSA) is 57.2 Å². The molecule has 11 heavy (non-hydrogen) atoms. The Morgan fingerprint density at radius 3 is 2.27 bits per heavy atom. The van der Waals surface area contributed by atoms with Crippen molar-refractivity contribution in [2.75, 3.05) is 5.75 Å². The molecule has 0 aromatic carbocycles. The molecule has 0 fully saturated rings. The second-order valence-corrected chi connectivity index (χ2v) is 3.43. The van der Waals surface area contributed by atoms with Gasteiger partial charge in [-0.05, 0) is 6.42 Å². The van der Waals surface area contributed by atoms with E-state index in [0.717, 1.165) is 12.8 Å². The number of unbranched alkanes of at least 4 members (excludes halogenated alkanes) is 1. The molecule has 0 atom stereocenters. The Bertz CT molecular complexity index is 196. The molecular weight excluding hydrogens is 175 g/mol. The minimum Gasteiger partial charge on any atom is -0.748 e. The maximum Gasteiger partial charge on any atom is 1.00 e. The van der Waals surface area contributed by atoms with Crippen LogP contribution in [0.5, 0.6) is 0 Å². The zero-order chi connectivity index (χ0) is 8.04. The fourth-order valence-corrected chi connectivity index (χ4v) is 0.842. The zero-order valence-corrected chi connectivity index (χ0v) is 9.73. The maximum absolute atomic E-state index is 9.99. The fraction of sp³-hybridized carbons (Fsp3) is 0.667. The normalized spacial score (nSPS) is 11.5. The monoisotopic (exact) mass is 186 g/mol. The van der Waals surface area contributed by atoms with Crippen LogP contribution in [0, 0.1) is 0 Å². The molecule has 0 radical (unpaired) electrons. The quantitative estimate of drug-likeness (QED) is 0.287. The first kappa shape index (κ1) is 14.2. The molecular formula is C6H11NaO3S. The molecule has 0 bridgehead atoms. The largest absolute Gasteiger partial charge is 1.00 e. The van der Waals surface area contributed by atoms with Crippen LogP contribution in [0.2, 0.25) is 0 Å². The number of allylic oxidation sites excluding steroid dienone is 1. The van der Waals surface area contributed by atoms with E-state index in [-0.39, 0.29) is 35.3 Å². The van der Waals surface area contributed by atoms with E-state index in [9.17, 15) is 13.0 Å². The molecule has 0 aromatic heterocycles. The van der Waals surface area contributed by atoms with Gasteiger partial charge in [0, 0.05) is 0 Å². The molecule has 0 saturated carbocycles. The van der Waals surface area contributed by atoms with Crippen LogP contribution in [0.1, 0.15) is 19.8 Å². The van der Waals surface area contributed by atoms with Gasteiger partial charge in [0.1, 0.15) is 0 Å². The molecule has 0 amide bonds. The Hall–Kier alpha value is 0.650. The molecule has 0 spiro atoms. The van der Waals surface area contributed by atoms with E-state index in [1.165, 1.54) is 6.08 Å². The summed E-state index contributed by atoms with van der Waals surface area (Å²) in [6.07, 6.45) is 4.90. The van der Waals surface area contributed by atoms with Gasteiger partial charge in [0.15, 0.2) is 0 Å². The van der Waals surface area contributed by atoms with E-state index >= 15 is 0 Å². The summed E-state index contributed by atoms with van der Waals surface area (Å²) in [5.41, 5.74) is 0. The molecule has 0 rings (SSSR count). The van der Waals surface area contributed by atoms with E-state index in [1.807, 2.05) is 6.92 Å². The van der Waals surface area contributed by atoms with Gasteiger partial charge in [0.05, 0.1) is 15.9 Å². The third kappa shape index (κ3) is 13.6.